The van der Waals surface area contributed by atoms with Gasteiger partial charge in [0.25, 0.3) is 11.8 Å². The van der Waals surface area contributed by atoms with Gasteiger partial charge in [0.1, 0.15) is 24.2 Å². The number of nitrogens with zero attached hydrogens (tertiary/aromatic N) is 4. The summed E-state index contributed by atoms with van der Waals surface area (Å²) >= 11 is 0. The number of nitrogens with one attached hydrogen (secondary N) is 2. The molecule has 2 aromatic carbocycles. The van der Waals surface area contributed by atoms with Crippen molar-refractivity contribution in [3.8, 4) is 17.3 Å². The highest BCUT2D eigenvalue weighted by Crippen LogP contribution is 2.35. The number of para-hydroxylation sites is 1. The summed E-state index contributed by atoms with van der Waals surface area (Å²) in [5, 5.41) is 14.2. The van der Waals surface area contributed by atoms with Crippen molar-refractivity contribution >= 4 is 22.5 Å². The molecule has 1 fully saturated rings. The monoisotopic (exact) mass is 560 g/mol. The van der Waals surface area contributed by atoms with Crippen LogP contribution in [-0.4, -0.2) is 71.2 Å². The van der Waals surface area contributed by atoms with Gasteiger partial charge in [0.2, 0.25) is 5.89 Å². The molecule has 2 N–H and O–H groups in total. The summed E-state index contributed by atoms with van der Waals surface area (Å²) in [7, 11) is 3.29. The molecule has 0 saturated carbocycles. The molecule has 5 rings (SSSR count). The molecule has 3 heterocycles. The van der Waals surface area contributed by atoms with Crippen LogP contribution in [0.25, 0.3) is 22.5 Å². The van der Waals surface area contributed by atoms with Gasteiger partial charge in [-0.1, -0.05) is 18.2 Å². The van der Waals surface area contributed by atoms with E-state index in [0.717, 1.165) is 4.57 Å². The normalized spacial score (nSPS) is 18.1. The summed E-state index contributed by atoms with van der Waals surface area (Å²) in [4.78, 5) is 14.5. The largest absolute Gasteiger partial charge is 0.496 e. The quantitative estimate of drug-likeness (QED) is 0.303. The zero-order valence-electron chi connectivity index (χ0n) is 21.8. The van der Waals surface area contributed by atoms with E-state index >= 15 is 0 Å². The SMILES string of the molecule is COc1ccccc1C(=O)NCc1nnc(-c2cc3c(N[C@H]4CCN(C)C[C@H]4F)cccc3n2CC(F)(F)F)o1. The summed E-state index contributed by atoms with van der Waals surface area (Å²) < 4.78 is 67.5. The number of aromatic nitrogens is 3. The number of benzene rings is 2. The van der Waals surface area contributed by atoms with E-state index < -0.39 is 30.8 Å². The van der Waals surface area contributed by atoms with Gasteiger partial charge in [-0.2, -0.15) is 13.2 Å². The number of likely N-dealkylation sites (tertiary alicyclic amines) is 1. The lowest BCUT2D eigenvalue weighted by molar-refractivity contribution is -0.139. The smallest absolute Gasteiger partial charge is 0.406 e. The molecule has 0 spiro atoms. The Balaban J connectivity index is 1.42. The standard InChI is InChI=1S/C27H28F4N6O3/c1-36-11-10-20(18(28)14-36)33-19-7-5-8-21-17(19)12-22(37(21)15-27(29,30)31)26-35-34-24(40-26)13-32-25(38)16-6-3-4-9-23(16)39-2/h3-9,12,18,20,33H,10-11,13-15H2,1-2H3,(H,32,38)/t18-,20+/m1/s1. The first-order valence-corrected chi connectivity index (χ1v) is 12.6. The highest BCUT2D eigenvalue weighted by atomic mass is 19.4. The maximum atomic E-state index is 14.7. The molecule has 2 atom stereocenters. The van der Waals surface area contributed by atoms with Crippen molar-refractivity contribution in [1.29, 1.82) is 0 Å². The lowest BCUT2D eigenvalue weighted by atomic mass is 10.0. The van der Waals surface area contributed by atoms with Crippen LogP contribution >= 0.6 is 0 Å². The van der Waals surface area contributed by atoms with E-state index in [4.69, 9.17) is 9.15 Å². The molecule has 1 saturated heterocycles. The van der Waals surface area contributed by atoms with Crippen LogP contribution in [0.4, 0.5) is 23.2 Å². The van der Waals surface area contributed by atoms with E-state index in [2.05, 4.69) is 20.8 Å². The molecule has 13 heteroatoms. The molecule has 2 aromatic heterocycles. The van der Waals surface area contributed by atoms with Gasteiger partial charge in [0, 0.05) is 24.2 Å². The highest BCUT2D eigenvalue weighted by molar-refractivity contribution is 5.97. The van der Waals surface area contributed by atoms with Gasteiger partial charge in [-0.25, -0.2) is 4.39 Å². The van der Waals surface area contributed by atoms with Crippen molar-refractivity contribution in [2.45, 2.75) is 37.9 Å². The number of hydrogen-bond acceptors (Lipinski definition) is 7. The van der Waals surface area contributed by atoms with Crippen molar-refractivity contribution in [3.63, 3.8) is 0 Å². The molecule has 40 heavy (non-hydrogen) atoms. The third kappa shape index (κ3) is 5.88. The molecule has 0 aliphatic carbocycles. The second-order valence-electron chi connectivity index (χ2n) is 9.67. The Morgan fingerprint density at radius 2 is 1.98 bits per heavy atom. The number of rotatable bonds is 8. The lowest BCUT2D eigenvalue weighted by Gasteiger charge is -2.33. The molecular formula is C27H28F4N6O3. The van der Waals surface area contributed by atoms with E-state index in [9.17, 15) is 22.4 Å². The van der Waals surface area contributed by atoms with Crippen molar-refractivity contribution in [3.05, 3.63) is 60.0 Å². The Hall–Kier alpha value is -4.13. The topological polar surface area (TPSA) is 97.5 Å². The fourth-order valence-electron chi connectivity index (χ4n) is 4.87. The summed E-state index contributed by atoms with van der Waals surface area (Å²) in [6.45, 7) is -0.471. The van der Waals surface area contributed by atoms with Gasteiger partial charge in [0.15, 0.2) is 0 Å². The molecule has 1 amide bonds. The van der Waals surface area contributed by atoms with Crippen LogP contribution in [0.5, 0.6) is 5.75 Å². The first-order chi connectivity index (χ1) is 19.1. The Morgan fingerprint density at radius 3 is 2.73 bits per heavy atom. The number of alkyl halides is 4. The number of halogens is 4. The Morgan fingerprint density at radius 1 is 1.18 bits per heavy atom. The molecule has 1 aliphatic rings. The minimum atomic E-state index is -4.53. The van der Waals surface area contributed by atoms with Gasteiger partial charge >= 0.3 is 6.18 Å². The number of anilines is 1. The zero-order chi connectivity index (χ0) is 28.4. The van der Waals surface area contributed by atoms with Crippen LogP contribution in [0.15, 0.2) is 52.9 Å². The van der Waals surface area contributed by atoms with Crippen molar-refractivity contribution in [1.82, 2.24) is 25.0 Å². The second-order valence-corrected chi connectivity index (χ2v) is 9.67. The molecule has 1 aliphatic heterocycles. The Bertz CT molecular complexity index is 1500. The van der Waals surface area contributed by atoms with E-state index in [1.54, 1.807) is 42.5 Å². The van der Waals surface area contributed by atoms with Crippen molar-refractivity contribution in [2.75, 3.05) is 32.6 Å². The molecule has 4 aromatic rings. The molecule has 0 bridgehead atoms. The summed E-state index contributed by atoms with van der Waals surface area (Å²) in [6, 6.07) is 12.6. The number of ether oxygens (including phenoxy) is 1. The van der Waals surface area contributed by atoms with Crippen molar-refractivity contribution < 1.29 is 31.5 Å². The predicted molar refractivity (Wildman–Crippen MR) is 140 cm³/mol. The lowest BCUT2D eigenvalue weighted by Crippen LogP contribution is -2.46. The number of amides is 1. The molecule has 0 unspecified atom stereocenters. The number of piperidine rings is 1. The minimum absolute atomic E-state index is 0.00649. The fourth-order valence-corrected chi connectivity index (χ4v) is 4.87. The molecule has 212 valence electrons. The number of carbonyl (C=O) groups excluding carboxylic acids is 1. The number of carbonyl (C=O) groups is 1. The van der Waals surface area contributed by atoms with Gasteiger partial charge in [-0.15, -0.1) is 10.2 Å². The van der Waals surface area contributed by atoms with Crippen LogP contribution in [-0.2, 0) is 13.1 Å². The Kier molecular flexibility index (Phi) is 7.66. The molecule has 0 radical (unpaired) electrons. The first-order valence-electron chi connectivity index (χ1n) is 12.6. The summed E-state index contributed by atoms with van der Waals surface area (Å²) in [5.41, 5.74) is 1.15. The summed E-state index contributed by atoms with van der Waals surface area (Å²) in [5.74, 6) is -0.201. The minimum Gasteiger partial charge on any atom is -0.496 e. The summed E-state index contributed by atoms with van der Waals surface area (Å²) in [6.07, 6.45) is -5.11. The Labute approximate surface area is 227 Å². The molecule has 9 nitrogen and oxygen atoms in total. The van der Waals surface area contributed by atoms with E-state index in [1.807, 2.05) is 11.9 Å². The number of methoxy groups -OCH3 is 1. The van der Waals surface area contributed by atoms with E-state index in [-0.39, 0.29) is 36.1 Å². The zero-order valence-corrected chi connectivity index (χ0v) is 21.8. The fraction of sp³-hybridized carbons (Fsp3) is 0.370. The van der Waals surface area contributed by atoms with E-state index in [1.165, 1.54) is 13.2 Å². The van der Waals surface area contributed by atoms with Crippen LogP contribution in [0, 0.1) is 0 Å². The number of fused-ring (bicyclic) bond motifs is 1. The van der Waals surface area contributed by atoms with Gasteiger partial charge in [0.05, 0.1) is 30.8 Å². The van der Waals surface area contributed by atoms with Gasteiger partial charge in [-0.3, -0.25) is 4.79 Å². The van der Waals surface area contributed by atoms with Crippen molar-refractivity contribution in [2.24, 2.45) is 0 Å². The van der Waals surface area contributed by atoms with Crippen LogP contribution in [0.1, 0.15) is 22.7 Å². The maximum Gasteiger partial charge on any atom is 0.406 e. The third-order valence-electron chi connectivity index (χ3n) is 6.81. The number of hydrogen-bond donors (Lipinski definition) is 2. The van der Waals surface area contributed by atoms with Crippen LogP contribution in [0.3, 0.4) is 0 Å². The highest BCUT2D eigenvalue weighted by Gasteiger charge is 2.32. The van der Waals surface area contributed by atoms with Gasteiger partial charge < -0.3 is 29.3 Å². The van der Waals surface area contributed by atoms with Crippen LogP contribution in [0.2, 0.25) is 0 Å². The third-order valence-corrected chi connectivity index (χ3v) is 6.81. The predicted octanol–water partition coefficient (Wildman–Crippen LogP) is 4.65. The van der Waals surface area contributed by atoms with E-state index in [0.29, 0.717) is 35.4 Å². The first kappa shape index (κ1) is 27.4. The average Bonchev–Trinajstić information content (AvgIpc) is 3.53. The van der Waals surface area contributed by atoms with Crippen LogP contribution < -0.4 is 15.4 Å². The van der Waals surface area contributed by atoms with Gasteiger partial charge in [-0.05, 0) is 43.8 Å². The molecular weight excluding hydrogens is 532 g/mol. The second kappa shape index (κ2) is 11.2. The average molecular weight is 561 g/mol. The maximum absolute atomic E-state index is 14.7.